The highest BCUT2D eigenvalue weighted by Gasteiger charge is 2.69. The molecule has 0 aliphatic carbocycles. The molecule has 0 bridgehead atoms. The van der Waals surface area contributed by atoms with Crippen molar-refractivity contribution in [2.45, 2.75) is 74.4 Å². The molecule has 0 spiro atoms. The number of carbonyl (C=O) groups excluding carboxylic acids is 2. The van der Waals surface area contributed by atoms with E-state index >= 15 is 0 Å². The monoisotopic (exact) mass is 473 g/mol. The molecule has 1 aliphatic rings. The Labute approximate surface area is 181 Å². The van der Waals surface area contributed by atoms with Gasteiger partial charge in [0.1, 0.15) is 30.5 Å². The van der Waals surface area contributed by atoms with Crippen molar-refractivity contribution < 1.29 is 58.5 Å². The molecule has 1 aliphatic heterocycles. The molecule has 0 radical (unpaired) electrons. The molecule has 1 rings (SSSR count). The molecule has 186 valence electrons. The summed E-state index contributed by atoms with van der Waals surface area (Å²) in [6, 6.07) is -2.22. The van der Waals surface area contributed by atoms with Crippen molar-refractivity contribution in [1.82, 2.24) is 10.6 Å². The zero-order valence-electron chi connectivity index (χ0n) is 17.1. The average Bonchev–Trinajstić information content (AvgIpc) is 2.73. The molecule has 10 N–H and O–H groups in total. The van der Waals surface area contributed by atoms with Crippen molar-refractivity contribution in [1.29, 1.82) is 0 Å². The van der Waals surface area contributed by atoms with Crippen LogP contribution in [0.3, 0.4) is 0 Å². The van der Waals surface area contributed by atoms with Crippen molar-refractivity contribution >= 4 is 17.8 Å². The summed E-state index contributed by atoms with van der Waals surface area (Å²) in [5.74, 6) is -12.7. The molecule has 1 saturated heterocycles. The molecule has 0 aromatic rings. The van der Waals surface area contributed by atoms with Crippen molar-refractivity contribution in [3.63, 3.8) is 0 Å². The van der Waals surface area contributed by atoms with Gasteiger partial charge in [0.15, 0.2) is 0 Å². The highest BCUT2D eigenvalue weighted by Crippen LogP contribution is 2.39. The first-order valence-electron chi connectivity index (χ1n) is 9.70. The second kappa shape index (κ2) is 11.2. The zero-order valence-corrected chi connectivity index (χ0v) is 17.1. The van der Waals surface area contributed by atoms with E-state index in [0.29, 0.717) is 0 Å². The summed E-state index contributed by atoms with van der Waals surface area (Å²) in [4.78, 5) is 34.3. The van der Waals surface area contributed by atoms with Crippen LogP contribution in [0.25, 0.3) is 0 Å². The van der Waals surface area contributed by atoms with Gasteiger partial charge in [-0.25, -0.2) is 0 Å². The molecule has 15 heteroatoms. The smallest absolute Gasteiger partial charge is 0.379 e. The number of nitrogens with one attached hydrogen (secondary N) is 2. The number of alkyl halides is 2. The molecule has 7 atom stereocenters. The number of amides is 2. The Hall–Kier alpha value is -2.01. The van der Waals surface area contributed by atoms with Crippen LogP contribution in [0.1, 0.15) is 26.2 Å². The molecular weight excluding hydrogens is 444 g/mol. The predicted molar refractivity (Wildman–Crippen MR) is 100.0 cm³/mol. The highest BCUT2D eigenvalue weighted by atomic mass is 19.3. The fourth-order valence-electron chi connectivity index (χ4n) is 2.89. The second-order valence-electron chi connectivity index (χ2n) is 7.46. The van der Waals surface area contributed by atoms with E-state index in [1.807, 2.05) is 5.32 Å². The number of aliphatic hydroxyl groups excluding tert-OH is 4. The van der Waals surface area contributed by atoms with Crippen molar-refractivity contribution in [3.8, 4) is 0 Å². The Bertz CT molecular complexity index is 683. The number of carbonyl (C=O) groups is 3. The fourth-order valence-corrected chi connectivity index (χ4v) is 2.89. The lowest BCUT2D eigenvalue weighted by atomic mass is 9.88. The Morgan fingerprint density at radius 2 is 1.78 bits per heavy atom. The summed E-state index contributed by atoms with van der Waals surface area (Å²) in [6.45, 7) is -0.203. The molecule has 0 aromatic heterocycles. The van der Waals surface area contributed by atoms with Crippen LogP contribution in [0.2, 0.25) is 0 Å². The standard InChI is InChI=1S/C17H29F2N3O10/c1-7(14(28)29)22-13(27)8(20)4-2-3-5-21-15(30)16(18,19)17(31)12(26)11(25)10(24)9(6-23)32-17/h7-12,23-26,31H,2-6,20H2,1H3,(H,21,30)(H,22,27)(H,28,29)/t7-,8-,9+,10-,11-,12+,17+/m0/s1. The van der Waals surface area contributed by atoms with Gasteiger partial charge in [-0.15, -0.1) is 0 Å². The Morgan fingerprint density at radius 1 is 1.19 bits per heavy atom. The van der Waals surface area contributed by atoms with Gasteiger partial charge in [-0.2, -0.15) is 8.78 Å². The first-order chi connectivity index (χ1) is 14.7. The number of aliphatic hydroxyl groups is 5. The third-order valence-electron chi connectivity index (χ3n) is 4.99. The van der Waals surface area contributed by atoms with Gasteiger partial charge in [-0.05, 0) is 26.2 Å². The van der Waals surface area contributed by atoms with Gasteiger partial charge in [0.05, 0.1) is 12.6 Å². The molecule has 32 heavy (non-hydrogen) atoms. The van der Waals surface area contributed by atoms with Crippen LogP contribution in [-0.4, -0.2) is 110 Å². The first kappa shape index (κ1) is 28.0. The largest absolute Gasteiger partial charge is 0.480 e. The number of hydrogen-bond acceptors (Lipinski definition) is 10. The average molecular weight is 473 g/mol. The SMILES string of the molecule is C[C@H](NC(=O)[C@@H](N)CCCCNC(=O)C(F)(F)[C@]1(O)O[C@H](CO)[C@H](O)[C@H](O)[C@H]1O)C(=O)O. The van der Waals surface area contributed by atoms with E-state index < -0.39 is 72.6 Å². The normalized spacial score (nSPS) is 30.3. The second-order valence-corrected chi connectivity index (χ2v) is 7.46. The maximum Gasteiger partial charge on any atom is 0.379 e. The number of nitrogens with two attached hydrogens (primary N) is 1. The predicted octanol–water partition coefficient (Wildman–Crippen LogP) is -4.01. The topological polar surface area (TPSA) is 232 Å². The van der Waals surface area contributed by atoms with Gasteiger partial charge < -0.3 is 51.7 Å². The van der Waals surface area contributed by atoms with Crippen LogP contribution in [0.15, 0.2) is 0 Å². The summed E-state index contributed by atoms with van der Waals surface area (Å²) in [6.07, 6.45) is -8.68. The molecule has 0 saturated carbocycles. The van der Waals surface area contributed by atoms with Gasteiger partial charge >= 0.3 is 11.9 Å². The fraction of sp³-hybridized carbons (Fsp3) is 0.824. The number of ether oxygens (including phenoxy) is 1. The van der Waals surface area contributed by atoms with Gasteiger partial charge in [-0.3, -0.25) is 14.4 Å². The van der Waals surface area contributed by atoms with Crippen LogP contribution in [0, 0.1) is 0 Å². The number of carboxylic acid groups (broad SMARTS) is 1. The number of unbranched alkanes of at least 4 members (excludes halogenated alkanes) is 1. The maximum absolute atomic E-state index is 14.5. The minimum absolute atomic E-state index is 0.0540. The highest BCUT2D eigenvalue weighted by molar-refractivity contribution is 5.86. The van der Waals surface area contributed by atoms with E-state index in [9.17, 15) is 43.6 Å². The third-order valence-corrected chi connectivity index (χ3v) is 4.99. The van der Waals surface area contributed by atoms with Crippen LogP contribution in [0.4, 0.5) is 8.78 Å². The quantitative estimate of drug-likeness (QED) is 0.131. The molecule has 1 fully saturated rings. The number of hydrogen-bond donors (Lipinski definition) is 9. The van der Waals surface area contributed by atoms with Crippen molar-refractivity contribution in [2.75, 3.05) is 13.2 Å². The number of carboxylic acids is 1. The molecular formula is C17H29F2N3O10. The van der Waals surface area contributed by atoms with E-state index in [-0.39, 0.29) is 25.8 Å². The first-order valence-corrected chi connectivity index (χ1v) is 9.70. The Morgan fingerprint density at radius 3 is 2.31 bits per heavy atom. The van der Waals surface area contributed by atoms with E-state index in [1.54, 1.807) is 0 Å². The summed E-state index contributed by atoms with van der Waals surface area (Å²) in [7, 11) is 0. The van der Waals surface area contributed by atoms with Gasteiger partial charge in [0.2, 0.25) is 5.91 Å². The zero-order chi connectivity index (χ0) is 24.9. The van der Waals surface area contributed by atoms with Crippen LogP contribution in [0.5, 0.6) is 0 Å². The van der Waals surface area contributed by atoms with E-state index in [0.717, 1.165) is 0 Å². The minimum Gasteiger partial charge on any atom is -0.480 e. The molecule has 13 nitrogen and oxygen atoms in total. The number of rotatable bonds is 11. The number of aliphatic carboxylic acids is 1. The van der Waals surface area contributed by atoms with Crippen molar-refractivity contribution in [3.05, 3.63) is 0 Å². The Balaban J connectivity index is 2.57. The van der Waals surface area contributed by atoms with Gasteiger partial charge in [0.25, 0.3) is 11.7 Å². The summed E-state index contributed by atoms with van der Waals surface area (Å²) < 4.78 is 33.5. The molecule has 0 unspecified atom stereocenters. The van der Waals surface area contributed by atoms with E-state index in [4.69, 9.17) is 15.9 Å². The summed E-state index contributed by atoms with van der Waals surface area (Å²) >= 11 is 0. The van der Waals surface area contributed by atoms with E-state index in [1.165, 1.54) is 6.92 Å². The van der Waals surface area contributed by atoms with Gasteiger partial charge in [0, 0.05) is 6.54 Å². The van der Waals surface area contributed by atoms with Crippen molar-refractivity contribution in [2.24, 2.45) is 5.73 Å². The lowest BCUT2D eigenvalue weighted by molar-refractivity contribution is -0.401. The minimum atomic E-state index is -4.79. The lowest BCUT2D eigenvalue weighted by Gasteiger charge is -2.47. The lowest BCUT2D eigenvalue weighted by Crippen LogP contribution is -2.73. The number of halogens is 2. The maximum atomic E-state index is 14.5. The van der Waals surface area contributed by atoms with Crippen LogP contribution >= 0.6 is 0 Å². The van der Waals surface area contributed by atoms with Crippen LogP contribution in [-0.2, 0) is 19.1 Å². The van der Waals surface area contributed by atoms with Gasteiger partial charge in [-0.1, -0.05) is 0 Å². The molecule has 1 heterocycles. The third kappa shape index (κ3) is 6.06. The Kier molecular flexibility index (Phi) is 9.83. The summed E-state index contributed by atoms with van der Waals surface area (Å²) in [5, 5.41) is 60.9. The summed E-state index contributed by atoms with van der Waals surface area (Å²) in [5.41, 5.74) is 5.60. The van der Waals surface area contributed by atoms with Crippen LogP contribution < -0.4 is 16.4 Å². The molecule has 0 aromatic carbocycles. The molecule has 2 amide bonds. The van der Waals surface area contributed by atoms with E-state index in [2.05, 4.69) is 10.1 Å².